The molecule has 124 valence electrons. The van der Waals surface area contributed by atoms with Gasteiger partial charge in [0.1, 0.15) is 5.75 Å². The van der Waals surface area contributed by atoms with Gasteiger partial charge < -0.3 is 15.4 Å². The van der Waals surface area contributed by atoms with Gasteiger partial charge in [-0.05, 0) is 23.8 Å². The van der Waals surface area contributed by atoms with E-state index >= 15 is 0 Å². The Balaban J connectivity index is 2.00. The van der Waals surface area contributed by atoms with Crippen LogP contribution in [0.1, 0.15) is 5.56 Å². The van der Waals surface area contributed by atoms with Crippen molar-refractivity contribution in [2.24, 2.45) is 0 Å². The number of benzene rings is 1. The molecule has 1 aromatic carbocycles. The molecule has 2 aromatic rings. The summed E-state index contributed by atoms with van der Waals surface area (Å²) in [6.07, 6.45) is 3.15. The number of rotatable bonds is 5. The number of nitro groups is 1. The highest BCUT2D eigenvalue weighted by Crippen LogP contribution is 2.28. The molecule has 2 N–H and O–H groups in total. The SMILES string of the molecule is COc1cc([N+](=O)[O-])ccc1NC(=O)C(=O)NCc1ccncc1. The van der Waals surface area contributed by atoms with Crippen molar-refractivity contribution >= 4 is 23.2 Å². The average molecular weight is 330 g/mol. The molecule has 0 spiro atoms. The molecule has 0 aliphatic rings. The molecule has 0 fully saturated rings. The van der Waals surface area contributed by atoms with Crippen molar-refractivity contribution in [1.29, 1.82) is 0 Å². The lowest BCUT2D eigenvalue weighted by Gasteiger charge is -2.10. The predicted molar refractivity (Wildman–Crippen MR) is 84.4 cm³/mol. The molecule has 0 saturated heterocycles. The first-order valence-corrected chi connectivity index (χ1v) is 6.81. The summed E-state index contributed by atoms with van der Waals surface area (Å²) in [5, 5.41) is 15.5. The highest BCUT2D eigenvalue weighted by atomic mass is 16.6. The number of non-ortho nitro benzene ring substituents is 1. The lowest BCUT2D eigenvalue weighted by atomic mass is 10.2. The Morgan fingerprint density at radius 1 is 1.21 bits per heavy atom. The fourth-order valence-electron chi connectivity index (χ4n) is 1.84. The van der Waals surface area contributed by atoms with Crippen molar-refractivity contribution in [1.82, 2.24) is 10.3 Å². The third-order valence-corrected chi connectivity index (χ3v) is 3.05. The molecular weight excluding hydrogens is 316 g/mol. The predicted octanol–water partition coefficient (Wildman–Crippen LogP) is 1.25. The lowest BCUT2D eigenvalue weighted by molar-refractivity contribution is -0.384. The summed E-state index contributed by atoms with van der Waals surface area (Å²) in [6, 6.07) is 7.07. The molecule has 9 heteroatoms. The van der Waals surface area contributed by atoms with Gasteiger partial charge >= 0.3 is 11.8 Å². The minimum atomic E-state index is -0.906. The molecule has 0 saturated carbocycles. The molecule has 2 amide bonds. The molecule has 24 heavy (non-hydrogen) atoms. The van der Waals surface area contributed by atoms with E-state index < -0.39 is 16.7 Å². The van der Waals surface area contributed by atoms with E-state index in [1.807, 2.05) is 0 Å². The number of methoxy groups -OCH3 is 1. The maximum absolute atomic E-state index is 11.9. The molecule has 2 rings (SSSR count). The Morgan fingerprint density at radius 3 is 2.54 bits per heavy atom. The molecular formula is C15H14N4O5. The van der Waals surface area contributed by atoms with Crippen molar-refractivity contribution in [3.63, 3.8) is 0 Å². The number of carbonyl (C=O) groups is 2. The van der Waals surface area contributed by atoms with Gasteiger partial charge in [-0.1, -0.05) is 0 Å². The minimum Gasteiger partial charge on any atom is -0.494 e. The van der Waals surface area contributed by atoms with Crippen LogP contribution >= 0.6 is 0 Å². The van der Waals surface area contributed by atoms with Crippen molar-refractivity contribution < 1.29 is 19.2 Å². The molecule has 1 aromatic heterocycles. The Hall–Kier alpha value is -3.49. The standard InChI is InChI=1S/C15H14N4O5/c1-24-13-8-11(19(22)23)2-3-12(13)18-15(21)14(20)17-9-10-4-6-16-7-5-10/h2-8H,9H2,1H3,(H,17,20)(H,18,21). The molecule has 0 radical (unpaired) electrons. The largest absolute Gasteiger partial charge is 0.494 e. The second kappa shape index (κ2) is 7.68. The highest BCUT2D eigenvalue weighted by Gasteiger charge is 2.17. The average Bonchev–Trinajstić information content (AvgIpc) is 2.60. The Morgan fingerprint density at radius 2 is 1.92 bits per heavy atom. The molecule has 9 nitrogen and oxygen atoms in total. The number of aromatic nitrogens is 1. The number of nitrogens with one attached hydrogen (secondary N) is 2. The van der Waals surface area contributed by atoms with Crippen LogP contribution in [0.5, 0.6) is 5.75 Å². The summed E-state index contributed by atoms with van der Waals surface area (Å²) in [6.45, 7) is 0.173. The van der Waals surface area contributed by atoms with Crippen LogP contribution in [-0.2, 0) is 16.1 Å². The summed E-state index contributed by atoms with van der Waals surface area (Å²) in [4.78, 5) is 37.7. The maximum atomic E-state index is 11.9. The summed E-state index contributed by atoms with van der Waals surface area (Å²) < 4.78 is 4.99. The number of pyridine rings is 1. The van der Waals surface area contributed by atoms with Crippen LogP contribution in [-0.4, -0.2) is 28.8 Å². The Labute approximate surface area is 136 Å². The van der Waals surface area contributed by atoms with E-state index in [4.69, 9.17) is 4.74 Å². The molecule has 1 heterocycles. The van der Waals surface area contributed by atoms with Crippen molar-refractivity contribution in [3.8, 4) is 5.75 Å². The van der Waals surface area contributed by atoms with Gasteiger partial charge in [0.25, 0.3) is 5.69 Å². The number of hydrogen-bond acceptors (Lipinski definition) is 6. The monoisotopic (exact) mass is 330 g/mol. The molecule has 0 bridgehead atoms. The van der Waals surface area contributed by atoms with Crippen LogP contribution in [0.15, 0.2) is 42.7 Å². The highest BCUT2D eigenvalue weighted by molar-refractivity contribution is 6.39. The van der Waals surface area contributed by atoms with E-state index in [2.05, 4.69) is 15.6 Å². The van der Waals surface area contributed by atoms with Crippen LogP contribution in [0.3, 0.4) is 0 Å². The number of nitrogens with zero attached hydrogens (tertiary/aromatic N) is 2. The van der Waals surface area contributed by atoms with Gasteiger partial charge in [-0.2, -0.15) is 0 Å². The van der Waals surface area contributed by atoms with Gasteiger partial charge in [-0.15, -0.1) is 0 Å². The maximum Gasteiger partial charge on any atom is 0.313 e. The van der Waals surface area contributed by atoms with E-state index in [1.165, 1.54) is 19.2 Å². The van der Waals surface area contributed by atoms with Gasteiger partial charge in [-0.3, -0.25) is 24.7 Å². The number of carbonyl (C=O) groups excluding carboxylic acids is 2. The fourth-order valence-corrected chi connectivity index (χ4v) is 1.84. The molecule has 0 aliphatic heterocycles. The van der Waals surface area contributed by atoms with Crippen LogP contribution in [0, 0.1) is 10.1 Å². The second-order valence-corrected chi connectivity index (χ2v) is 4.63. The third-order valence-electron chi connectivity index (χ3n) is 3.05. The van der Waals surface area contributed by atoms with Crippen molar-refractivity contribution in [2.75, 3.05) is 12.4 Å². The number of nitro benzene ring substituents is 1. The zero-order valence-corrected chi connectivity index (χ0v) is 12.7. The zero-order valence-electron chi connectivity index (χ0n) is 12.7. The second-order valence-electron chi connectivity index (χ2n) is 4.63. The van der Waals surface area contributed by atoms with Crippen LogP contribution < -0.4 is 15.4 Å². The first kappa shape index (κ1) is 16.9. The van der Waals surface area contributed by atoms with Crippen molar-refractivity contribution in [3.05, 3.63) is 58.4 Å². The van der Waals surface area contributed by atoms with Crippen molar-refractivity contribution in [2.45, 2.75) is 6.54 Å². The van der Waals surface area contributed by atoms with E-state index in [9.17, 15) is 19.7 Å². The molecule has 0 unspecified atom stereocenters. The number of ether oxygens (including phenoxy) is 1. The first-order valence-electron chi connectivity index (χ1n) is 6.81. The van der Waals surface area contributed by atoms with E-state index in [1.54, 1.807) is 24.5 Å². The number of hydrogen-bond donors (Lipinski definition) is 2. The van der Waals surface area contributed by atoms with Crippen LogP contribution in [0.2, 0.25) is 0 Å². The van der Waals surface area contributed by atoms with Gasteiger partial charge in [0.05, 0.1) is 23.8 Å². The quantitative estimate of drug-likeness (QED) is 0.483. The summed E-state index contributed by atoms with van der Waals surface area (Å²) in [5.41, 5.74) is 0.762. The summed E-state index contributed by atoms with van der Waals surface area (Å²) >= 11 is 0. The van der Waals surface area contributed by atoms with Crippen LogP contribution in [0.25, 0.3) is 0 Å². The normalized spacial score (nSPS) is 9.88. The smallest absolute Gasteiger partial charge is 0.313 e. The number of anilines is 1. The Bertz CT molecular complexity index is 764. The lowest BCUT2D eigenvalue weighted by Crippen LogP contribution is -2.35. The van der Waals surface area contributed by atoms with Crippen LogP contribution in [0.4, 0.5) is 11.4 Å². The Kier molecular flexibility index (Phi) is 5.40. The fraction of sp³-hybridized carbons (Fsp3) is 0.133. The van der Waals surface area contributed by atoms with E-state index in [-0.39, 0.29) is 23.7 Å². The number of amides is 2. The third kappa shape index (κ3) is 4.26. The molecule has 0 atom stereocenters. The zero-order chi connectivity index (χ0) is 17.5. The minimum absolute atomic E-state index is 0.0829. The molecule has 0 aliphatic carbocycles. The van der Waals surface area contributed by atoms with Gasteiger partial charge in [-0.25, -0.2) is 0 Å². The van der Waals surface area contributed by atoms with Gasteiger partial charge in [0.15, 0.2) is 0 Å². The summed E-state index contributed by atoms with van der Waals surface area (Å²) in [7, 11) is 1.30. The van der Waals surface area contributed by atoms with E-state index in [0.717, 1.165) is 11.6 Å². The summed E-state index contributed by atoms with van der Waals surface area (Å²) in [5.74, 6) is -1.66. The topological polar surface area (TPSA) is 123 Å². The first-order chi connectivity index (χ1) is 11.5. The van der Waals surface area contributed by atoms with E-state index in [0.29, 0.717) is 0 Å². The van der Waals surface area contributed by atoms with Gasteiger partial charge in [0.2, 0.25) is 0 Å². The van der Waals surface area contributed by atoms with Gasteiger partial charge in [0, 0.05) is 25.0 Å².